The maximum atomic E-state index is 11.2. The molecular formula is C13H10N2O2S. The zero-order chi connectivity index (χ0) is 12.4. The van der Waals surface area contributed by atoms with Gasteiger partial charge in [0.05, 0.1) is 12.0 Å². The Labute approximate surface area is 108 Å². The van der Waals surface area contributed by atoms with Crippen LogP contribution in [0.15, 0.2) is 52.2 Å². The highest BCUT2D eigenvalue weighted by Gasteiger charge is 2.12. The van der Waals surface area contributed by atoms with Crippen LogP contribution in [0, 0.1) is 0 Å². The molecule has 0 spiro atoms. The molecule has 3 aromatic rings. The molecule has 3 rings (SSSR count). The first kappa shape index (κ1) is 11.1. The second-order valence-electron chi connectivity index (χ2n) is 3.72. The molecule has 0 radical (unpaired) electrons. The van der Waals surface area contributed by atoms with Crippen LogP contribution in [-0.4, -0.2) is 15.7 Å². The quantitative estimate of drug-likeness (QED) is 0.533. The van der Waals surface area contributed by atoms with Crippen LogP contribution in [-0.2, 0) is 5.75 Å². The first-order valence-corrected chi connectivity index (χ1v) is 6.44. The minimum Gasteiger partial charge on any atom is -0.468 e. The van der Waals surface area contributed by atoms with E-state index in [1.165, 1.54) is 11.8 Å². The number of carbonyl (C=O) groups is 1. The summed E-state index contributed by atoms with van der Waals surface area (Å²) in [6.45, 7) is 0. The minimum atomic E-state index is 0.585. The van der Waals surface area contributed by atoms with E-state index in [1.54, 1.807) is 10.7 Å². The molecule has 0 saturated carbocycles. The molecule has 0 bridgehead atoms. The van der Waals surface area contributed by atoms with Gasteiger partial charge in [-0.1, -0.05) is 17.8 Å². The lowest BCUT2D eigenvalue weighted by atomic mass is 10.4. The summed E-state index contributed by atoms with van der Waals surface area (Å²) < 4.78 is 7.05. The Kier molecular flexibility index (Phi) is 2.90. The van der Waals surface area contributed by atoms with Crippen LogP contribution in [0.4, 0.5) is 0 Å². The van der Waals surface area contributed by atoms with Crippen LogP contribution in [0.3, 0.4) is 0 Å². The Morgan fingerprint density at radius 2 is 2.28 bits per heavy atom. The van der Waals surface area contributed by atoms with Crippen molar-refractivity contribution in [3.63, 3.8) is 0 Å². The van der Waals surface area contributed by atoms with E-state index in [0.717, 1.165) is 22.7 Å². The molecular weight excluding hydrogens is 248 g/mol. The summed E-state index contributed by atoms with van der Waals surface area (Å²) in [6, 6.07) is 9.41. The SMILES string of the molecule is O=Cc1c(SCc2ccco2)nc2ccccn12. The smallest absolute Gasteiger partial charge is 0.169 e. The van der Waals surface area contributed by atoms with Gasteiger partial charge in [0.2, 0.25) is 0 Å². The molecule has 0 saturated heterocycles. The topological polar surface area (TPSA) is 47.5 Å². The molecule has 0 aliphatic carbocycles. The number of nitrogens with zero attached hydrogens (tertiary/aromatic N) is 2. The number of hydrogen-bond acceptors (Lipinski definition) is 4. The molecule has 0 unspecified atom stereocenters. The van der Waals surface area contributed by atoms with E-state index >= 15 is 0 Å². The number of aldehydes is 1. The van der Waals surface area contributed by atoms with Crippen LogP contribution in [0.25, 0.3) is 5.65 Å². The van der Waals surface area contributed by atoms with E-state index in [4.69, 9.17) is 4.42 Å². The van der Waals surface area contributed by atoms with Crippen molar-refractivity contribution in [3.8, 4) is 0 Å². The average molecular weight is 258 g/mol. The van der Waals surface area contributed by atoms with E-state index in [0.29, 0.717) is 11.4 Å². The number of thioether (sulfide) groups is 1. The van der Waals surface area contributed by atoms with Crippen molar-refractivity contribution in [3.05, 3.63) is 54.2 Å². The molecule has 0 aliphatic rings. The van der Waals surface area contributed by atoms with Crippen molar-refractivity contribution >= 4 is 23.7 Å². The summed E-state index contributed by atoms with van der Waals surface area (Å²) in [4.78, 5) is 15.6. The summed E-state index contributed by atoms with van der Waals surface area (Å²) in [5.41, 5.74) is 1.36. The van der Waals surface area contributed by atoms with Crippen molar-refractivity contribution < 1.29 is 9.21 Å². The van der Waals surface area contributed by atoms with Gasteiger partial charge in [-0.05, 0) is 24.3 Å². The largest absolute Gasteiger partial charge is 0.468 e. The van der Waals surface area contributed by atoms with Crippen molar-refractivity contribution in [2.75, 3.05) is 0 Å². The van der Waals surface area contributed by atoms with Gasteiger partial charge in [0, 0.05) is 6.20 Å². The number of rotatable bonds is 4. The van der Waals surface area contributed by atoms with Crippen LogP contribution >= 0.6 is 11.8 Å². The molecule has 0 atom stereocenters. The Morgan fingerprint density at radius 3 is 3.06 bits per heavy atom. The van der Waals surface area contributed by atoms with Gasteiger partial charge in [-0.3, -0.25) is 9.20 Å². The standard InChI is InChI=1S/C13H10N2O2S/c16-8-11-13(18-9-10-4-3-7-17-10)14-12-5-1-2-6-15(11)12/h1-8H,9H2. The van der Waals surface area contributed by atoms with Gasteiger partial charge in [-0.15, -0.1) is 0 Å². The highest BCUT2D eigenvalue weighted by molar-refractivity contribution is 7.98. The molecule has 90 valence electrons. The zero-order valence-electron chi connectivity index (χ0n) is 9.45. The number of aromatic nitrogens is 2. The highest BCUT2D eigenvalue weighted by Crippen LogP contribution is 2.25. The van der Waals surface area contributed by atoms with Gasteiger partial charge < -0.3 is 4.42 Å². The van der Waals surface area contributed by atoms with Gasteiger partial charge in [0.25, 0.3) is 0 Å². The number of hydrogen-bond donors (Lipinski definition) is 0. The number of carbonyl (C=O) groups excluding carboxylic acids is 1. The molecule has 3 aromatic heterocycles. The van der Waals surface area contributed by atoms with Gasteiger partial charge in [-0.25, -0.2) is 4.98 Å². The predicted molar refractivity (Wildman–Crippen MR) is 68.8 cm³/mol. The summed E-state index contributed by atoms with van der Waals surface area (Å²) in [5, 5.41) is 0.729. The lowest BCUT2D eigenvalue weighted by Crippen LogP contribution is -1.90. The molecule has 0 amide bonds. The van der Waals surface area contributed by atoms with Crippen molar-refractivity contribution in [2.45, 2.75) is 10.8 Å². The number of furan rings is 1. The molecule has 0 fully saturated rings. The predicted octanol–water partition coefficient (Wildman–Crippen LogP) is 3.03. The third kappa shape index (κ3) is 1.93. The zero-order valence-corrected chi connectivity index (χ0v) is 10.3. The Morgan fingerprint density at radius 1 is 1.33 bits per heavy atom. The first-order valence-electron chi connectivity index (χ1n) is 5.46. The Bertz CT molecular complexity index is 673. The third-order valence-corrected chi connectivity index (χ3v) is 3.58. The first-order chi connectivity index (χ1) is 8.88. The summed E-state index contributed by atoms with van der Waals surface area (Å²) in [7, 11) is 0. The molecule has 0 N–H and O–H groups in total. The number of pyridine rings is 1. The second kappa shape index (κ2) is 4.70. The van der Waals surface area contributed by atoms with Gasteiger partial charge >= 0.3 is 0 Å². The van der Waals surface area contributed by atoms with Gasteiger partial charge in [0.1, 0.15) is 22.1 Å². The molecule has 18 heavy (non-hydrogen) atoms. The Hall–Kier alpha value is -2.01. The molecule has 0 aliphatic heterocycles. The lowest BCUT2D eigenvalue weighted by Gasteiger charge is -1.96. The fourth-order valence-electron chi connectivity index (χ4n) is 1.74. The minimum absolute atomic E-state index is 0.585. The van der Waals surface area contributed by atoms with E-state index in [9.17, 15) is 4.79 Å². The molecule has 3 heterocycles. The maximum Gasteiger partial charge on any atom is 0.169 e. The number of fused-ring (bicyclic) bond motifs is 1. The Balaban J connectivity index is 1.93. The fourth-order valence-corrected chi connectivity index (χ4v) is 2.64. The van der Waals surface area contributed by atoms with Crippen molar-refractivity contribution in [1.29, 1.82) is 0 Å². The maximum absolute atomic E-state index is 11.2. The summed E-state index contributed by atoms with van der Waals surface area (Å²) in [6.07, 6.45) is 4.31. The van der Waals surface area contributed by atoms with Gasteiger partial charge in [0.15, 0.2) is 6.29 Å². The second-order valence-corrected chi connectivity index (χ2v) is 4.68. The molecule has 4 nitrogen and oxygen atoms in total. The van der Waals surface area contributed by atoms with Crippen LogP contribution in [0.1, 0.15) is 16.2 Å². The summed E-state index contributed by atoms with van der Waals surface area (Å²) in [5.74, 6) is 1.53. The van der Waals surface area contributed by atoms with Crippen molar-refractivity contribution in [2.24, 2.45) is 0 Å². The lowest BCUT2D eigenvalue weighted by molar-refractivity contribution is 0.111. The number of imidazole rings is 1. The monoisotopic (exact) mass is 258 g/mol. The molecule has 5 heteroatoms. The summed E-state index contributed by atoms with van der Waals surface area (Å²) >= 11 is 1.50. The van der Waals surface area contributed by atoms with E-state index in [2.05, 4.69) is 4.98 Å². The fraction of sp³-hybridized carbons (Fsp3) is 0.0769. The van der Waals surface area contributed by atoms with Crippen LogP contribution < -0.4 is 0 Å². The van der Waals surface area contributed by atoms with E-state index in [-0.39, 0.29) is 0 Å². The van der Waals surface area contributed by atoms with E-state index in [1.807, 2.05) is 36.5 Å². The van der Waals surface area contributed by atoms with E-state index < -0.39 is 0 Å². The third-order valence-electron chi connectivity index (χ3n) is 2.58. The normalized spacial score (nSPS) is 10.9. The average Bonchev–Trinajstić information content (AvgIpc) is 3.03. The highest BCUT2D eigenvalue weighted by atomic mass is 32.2. The van der Waals surface area contributed by atoms with Crippen LogP contribution in [0.2, 0.25) is 0 Å². The molecule has 0 aromatic carbocycles. The van der Waals surface area contributed by atoms with Gasteiger partial charge in [-0.2, -0.15) is 0 Å². The van der Waals surface area contributed by atoms with Crippen molar-refractivity contribution in [1.82, 2.24) is 9.38 Å². The van der Waals surface area contributed by atoms with Crippen LogP contribution in [0.5, 0.6) is 0 Å².